The molecule has 1 N–H and O–H groups in total. The summed E-state index contributed by atoms with van der Waals surface area (Å²) in [6.45, 7) is 5.28. The molecule has 1 fully saturated rings. The number of hydrogen-bond donors (Lipinski definition) is 1. The lowest BCUT2D eigenvalue weighted by atomic mass is 10.3. The Hall–Kier alpha value is -1.62. The normalized spacial score (nSPS) is 14.4. The SMILES string of the molecule is COCCN(C(=O)c1cccc(NC(C)C)n1)C1CC1. The van der Waals surface area contributed by atoms with Crippen molar-refractivity contribution in [2.24, 2.45) is 0 Å². The minimum absolute atomic E-state index is 0.00282. The average molecular weight is 277 g/mol. The molecule has 1 aromatic heterocycles. The van der Waals surface area contributed by atoms with Crippen molar-refractivity contribution in [3.8, 4) is 0 Å². The van der Waals surface area contributed by atoms with E-state index in [1.807, 2.05) is 30.9 Å². The number of carbonyl (C=O) groups is 1. The molecule has 1 saturated carbocycles. The van der Waals surface area contributed by atoms with Crippen LogP contribution >= 0.6 is 0 Å². The number of amides is 1. The Bertz CT molecular complexity index is 458. The smallest absolute Gasteiger partial charge is 0.272 e. The molecule has 20 heavy (non-hydrogen) atoms. The van der Waals surface area contributed by atoms with Crippen LogP contribution in [0.4, 0.5) is 5.82 Å². The highest BCUT2D eigenvalue weighted by molar-refractivity contribution is 5.93. The predicted octanol–water partition coefficient (Wildman–Crippen LogP) is 2.15. The number of pyridine rings is 1. The van der Waals surface area contributed by atoms with Gasteiger partial charge in [0.2, 0.25) is 0 Å². The first-order valence-electron chi connectivity index (χ1n) is 7.15. The van der Waals surface area contributed by atoms with E-state index in [1.54, 1.807) is 13.2 Å². The van der Waals surface area contributed by atoms with Crippen molar-refractivity contribution in [2.45, 2.75) is 38.8 Å². The fraction of sp³-hybridized carbons (Fsp3) is 0.600. The highest BCUT2D eigenvalue weighted by atomic mass is 16.5. The summed E-state index contributed by atoms with van der Waals surface area (Å²) in [5, 5.41) is 3.22. The number of carbonyl (C=O) groups excluding carboxylic acids is 1. The number of methoxy groups -OCH3 is 1. The molecule has 0 aliphatic heterocycles. The zero-order valence-electron chi connectivity index (χ0n) is 12.4. The summed E-state index contributed by atoms with van der Waals surface area (Å²) in [5.41, 5.74) is 0.499. The monoisotopic (exact) mass is 277 g/mol. The molecular weight excluding hydrogens is 254 g/mol. The number of nitrogens with one attached hydrogen (secondary N) is 1. The molecule has 0 atom stereocenters. The van der Waals surface area contributed by atoms with Crippen LogP contribution in [0, 0.1) is 0 Å². The number of aromatic nitrogens is 1. The van der Waals surface area contributed by atoms with Gasteiger partial charge >= 0.3 is 0 Å². The predicted molar refractivity (Wildman–Crippen MR) is 78.9 cm³/mol. The summed E-state index contributed by atoms with van der Waals surface area (Å²) in [6.07, 6.45) is 2.17. The molecule has 0 spiro atoms. The van der Waals surface area contributed by atoms with Gasteiger partial charge in [-0.05, 0) is 38.8 Å². The topological polar surface area (TPSA) is 54.5 Å². The molecule has 0 radical (unpaired) electrons. The van der Waals surface area contributed by atoms with E-state index < -0.39 is 0 Å². The van der Waals surface area contributed by atoms with Crippen LogP contribution in [-0.2, 0) is 4.74 Å². The second-order valence-corrected chi connectivity index (χ2v) is 5.43. The summed E-state index contributed by atoms with van der Waals surface area (Å²) < 4.78 is 5.09. The van der Waals surface area contributed by atoms with Crippen molar-refractivity contribution in [1.82, 2.24) is 9.88 Å². The third-order valence-electron chi connectivity index (χ3n) is 3.19. The van der Waals surface area contributed by atoms with Crippen molar-refractivity contribution < 1.29 is 9.53 Å². The maximum atomic E-state index is 12.6. The van der Waals surface area contributed by atoms with E-state index >= 15 is 0 Å². The third-order valence-corrected chi connectivity index (χ3v) is 3.19. The van der Waals surface area contributed by atoms with Gasteiger partial charge in [-0.3, -0.25) is 4.79 Å². The van der Waals surface area contributed by atoms with Gasteiger partial charge in [-0.15, -0.1) is 0 Å². The molecule has 1 aliphatic rings. The maximum absolute atomic E-state index is 12.6. The number of nitrogens with zero attached hydrogens (tertiary/aromatic N) is 2. The molecule has 0 aromatic carbocycles. The average Bonchev–Trinajstić information content (AvgIpc) is 3.23. The van der Waals surface area contributed by atoms with E-state index in [-0.39, 0.29) is 5.91 Å². The first-order chi connectivity index (χ1) is 9.61. The van der Waals surface area contributed by atoms with E-state index in [9.17, 15) is 4.79 Å². The van der Waals surface area contributed by atoms with E-state index in [0.717, 1.165) is 18.7 Å². The first kappa shape index (κ1) is 14.8. The lowest BCUT2D eigenvalue weighted by Gasteiger charge is -2.22. The van der Waals surface area contributed by atoms with E-state index in [2.05, 4.69) is 10.3 Å². The largest absolute Gasteiger partial charge is 0.383 e. The van der Waals surface area contributed by atoms with Gasteiger partial charge in [0.1, 0.15) is 11.5 Å². The molecule has 0 bridgehead atoms. The zero-order valence-corrected chi connectivity index (χ0v) is 12.4. The highest BCUT2D eigenvalue weighted by Crippen LogP contribution is 2.27. The Balaban J connectivity index is 2.09. The highest BCUT2D eigenvalue weighted by Gasteiger charge is 2.33. The lowest BCUT2D eigenvalue weighted by molar-refractivity contribution is 0.0674. The molecule has 5 nitrogen and oxygen atoms in total. The second kappa shape index (κ2) is 6.70. The minimum atomic E-state index is -0.00282. The Morgan fingerprint density at radius 2 is 2.25 bits per heavy atom. The molecule has 1 heterocycles. The molecule has 2 rings (SSSR count). The van der Waals surface area contributed by atoms with Crippen LogP contribution in [0.15, 0.2) is 18.2 Å². The summed E-state index contributed by atoms with van der Waals surface area (Å²) in [5.74, 6) is 0.741. The van der Waals surface area contributed by atoms with Gasteiger partial charge in [0, 0.05) is 25.7 Å². The van der Waals surface area contributed by atoms with Crippen LogP contribution in [0.1, 0.15) is 37.2 Å². The lowest BCUT2D eigenvalue weighted by Crippen LogP contribution is -2.36. The number of rotatable bonds is 7. The fourth-order valence-electron chi connectivity index (χ4n) is 2.10. The van der Waals surface area contributed by atoms with Gasteiger partial charge in [-0.1, -0.05) is 6.07 Å². The van der Waals surface area contributed by atoms with Crippen molar-refractivity contribution in [2.75, 3.05) is 25.6 Å². The van der Waals surface area contributed by atoms with Crippen LogP contribution in [0.25, 0.3) is 0 Å². The van der Waals surface area contributed by atoms with Crippen molar-refractivity contribution in [1.29, 1.82) is 0 Å². The van der Waals surface area contributed by atoms with Gasteiger partial charge in [0.25, 0.3) is 5.91 Å². The summed E-state index contributed by atoms with van der Waals surface area (Å²) in [6, 6.07) is 6.18. The molecule has 0 saturated heterocycles. The second-order valence-electron chi connectivity index (χ2n) is 5.43. The summed E-state index contributed by atoms with van der Waals surface area (Å²) in [7, 11) is 1.65. The Morgan fingerprint density at radius 3 is 2.85 bits per heavy atom. The van der Waals surface area contributed by atoms with E-state index in [4.69, 9.17) is 4.74 Å². The van der Waals surface area contributed by atoms with E-state index in [0.29, 0.717) is 30.9 Å². The fourth-order valence-corrected chi connectivity index (χ4v) is 2.10. The molecule has 1 aromatic rings. The Morgan fingerprint density at radius 1 is 1.50 bits per heavy atom. The van der Waals surface area contributed by atoms with E-state index in [1.165, 1.54) is 0 Å². The minimum Gasteiger partial charge on any atom is -0.383 e. The van der Waals surface area contributed by atoms with Crippen LogP contribution in [0.5, 0.6) is 0 Å². The molecule has 110 valence electrons. The van der Waals surface area contributed by atoms with Gasteiger partial charge < -0.3 is 15.0 Å². The van der Waals surface area contributed by atoms with Crippen molar-refractivity contribution in [3.05, 3.63) is 23.9 Å². The Kier molecular flexibility index (Phi) is 4.95. The van der Waals surface area contributed by atoms with Gasteiger partial charge in [-0.25, -0.2) is 4.98 Å². The Labute approximate surface area is 120 Å². The van der Waals surface area contributed by atoms with Gasteiger partial charge in [0.05, 0.1) is 6.61 Å². The molecular formula is C15H23N3O2. The van der Waals surface area contributed by atoms with Gasteiger partial charge in [-0.2, -0.15) is 0 Å². The van der Waals surface area contributed by atoms with Crippen LogP contribution in [-0.4, -0.2) is 48.1 Å². The van der Waals surface area contributed by atoms with Crippen LogP contribution in [0.2, 0.25) is 0 Å². The molecule has 1 aliphatic carbocycles. The standard InChI is InChI=1S/C15H23N3O2/c1-11(2)16-14-6-4-5-13(17-14)15(19)18(9-10-20-3)12-7-8-12/h4-6,11-12H,7-10H2,1-3H3,(H,16,17). The number of ether oxygens (including phenoxy) is 1. The molecule has 0 unspecified atom stereocenters. The van der Waals surface area contributed by atoms with Crippen molar-refractivity contribution >= 4 is 11.7 Å². The quantitative estimate of drug-likeness (QED) is 0.829. The van der Waals surface area contributed by atoms with Gasteiger partial charge in [0.15, 0.2) is 0 Å². The van der Waals surface area contributed by atoms with Crippen LogP contribution in [0.3, 0.4) is 0 Å². The first-order valence-corrected chi connectivity index (χ1v) is 7.15. The molecule has 1 amide bonds. The maximum Gasteiger partial charge on any atom is 0.272 e. The van der Waals surface area contributed by atoms with Crippen LogP contribution < -0.4 is 5.32 Å². The summed E-state index contributed by atoms with van der Waals surface area (Å²) in [4.78, 5) is 18.8. The number of hydrogen-bond acceptors (Lipinski definition) is 4. The molecule has 5 heteroatoms. The van der Waals surface area contributed by atoms with Crippen molar-refractivity contribution in [3.63, 3.8) is 0 Å². The number of anilines is 1. The summed E-state index contributed by atoms with van der Waals surface area (Å²) >= 11 is 0. The third kappa shape index (κ3) is 3.93. The zero-order chi connectivity index (χ0) is 14.5.